The van der Waals surface area contributed by atoms with E-state index in [1.807, 2.05) is 30.3 Å². The van der Waals surface area contributed by atoms with Crippen molar-refractivity contribution < 1.29 is 14.3 Å². The van der Waals surface area contributed by atoms with E-state index in [0.717, 1.165) is 26.2 Å². The van der Waals surface area contributed by atoms with E-state index in [4.69, 9.17) is 9.47 Å². The van der Waals surface area contributed by atoms with Crippen LogP contribution in [0.2, 0.25) is 0 Å². The molecule has 6 nitrogen and oxygen atoms in total. The van der Waals surface area contributed by atoms with Gasteiger partial charge in [-0.3, -0.25) is 9.69 Å². The summed E-state index contributed by atoms with van der Waals surface area (Å²) in [6.45, 7) is 5.48. The molecular formula is C17H25N3O3. The highest BCUT2D eigenvalue weighted by Crippen LogP contribution is 2.15. The molecule has 3 rings (SSSR count). The summed E-state index contributed by atoms with van der Waals surface area (Å²) in [7, 11) is 2.14. The Morgan fingerprint density at radius 1 is 1.22 bits per heavy atom. The minimum absolute atomic E-state index is 0.0377. The van der Waals surface area contributed by atoms with Crippen LogP contribution in [-0.2, 0) is 9.53 Å². The van der Waals surface area contributed by atoms with Gasteiger partial charge in [-0.2, -0.15) is 0 Å². The smallest absolute Gasteiger partial charge is 0.258 e. The van der Waals surface area contributed by atoms with Crippen LogP contribution in [0.5, 0.6) is 5.75 Å². The van der Waals surface area contributed by atoms with Gasteiger partial charge < -0.3 is 19.7 Å². The molecule has 0 radical (unpaired) electrons. The van der Waals surface area contributed by atoms with Crippen LogP contribution in [0.4, 0.5) is 0 Å². The van der Waals surface area contributed by atoms with Gasteiger partial charge in [0.2, 0.25) is 0 Å². The van der Waals surface area contributed by atoms with Gasteiger partial charge in [0.25, 0.3) is 5.91 Å². The minimum atomic E-state index is -0.0940. The zero-order valence-electron chi connectivity index (χ0n) is 13.6. The van der Waals surface area contributed by atoms with Crippen LogP contribution in [0.25, 0.3) is 0 Å². The third-order valence-corrected chi connectivity index (χ3v) is 4.52. The SMILES string of the molecule is CN1CCN([C@H]2COC[C@@H]2NC(=O)COc2ccccc2)CC1. The topological polar surface area (TPSA) is 54.0 Å². The molecule has 2 saturated heterocycles. The maximum Gasteiger partial charge on any atom is 0.258 e. The Hall–Kier alpha value is -1.63. The molecule has 0 bridgehead atoms. The molecule has 23 heavy (non-hydrogen) atoms. The fourth-order valence-corrected chi connectivity index (χ4v) is 3.11. The summed E-state index contributed by atoms with van der Waals surface area (Å²) in [5, 5.41) is 3.06. The van der Waals surface area contributed by atoms with E-state index < -0.39 is 0 Å². The van der Waals surface area contributed by atoms with Gasteiger partial charge in [0.1, 0.15) is 5.75 Å². The standard InChI is InChI=1S/C17H25N3O3/c1-19-7-9-20(10-8-19)16-12-22-11-15(16)18-17(21)13-23-14-5-3-2-4-6-14/h2-6,15-16H,7-13H2,1H3,(H,18,21)/t15-,16-/m0/s1. The second kappa shape index (κ2) is 7.77. The highest BCUT2D eigenvalue weighted by atomic mass is 16.5. The third kappa shape index (κ3) is 4.43. The van der Waals surface area contributed by atoms with Crippen LogP contribution >= 0.6 is 0 Å². The molecule has 6 heteroatoms. The number of amides is 1. The summed E-state index contributed by atoms with van der Waals surface area (Å²) in [4.78, 5) is 16.9. The van der Waals surface area contributed by atoms with Crippen LogP contribution in [-0.4, -0.2) is 80.8 Å². The van der Waals surface area contributed by atoms with Crippen LogP contribution in [0, 0.1) is 0 Å². The maximum atomic E-state index is 12.1. The first-order valence-corrected chi connectivity index (χ1v) is 8.20. The van der Waals surface area contributed by atoms with Crippen LogP contribution in [0.3, 0.4) is 0 Å². The number of benzene rings is 1. The van der Waals surface area contributed by atoms with E-state index in [1.165, 1.54) is 0 Å². The Balaban J connectivity index is 1.47. The van der Waals surface area contributed by atoms with E-state index in [2.05, 4.69) is 22.2 Å². The zero-order chi connectivity index (χ0) is 16.1. The summed E-state index contributed by atoms with van der Waals surface area (Å²) >= 11 is 0. The molecule has 1 aromatic carbocycles. The fraction of sp³-hybridized carbons (Fsp3) is 0.588. The van der Waals surface area contributed by atoms with E-state index in [1.54, 1.807) is 0 Å². The van der Waals surface area contributed by atoms with E-state index >= 15 is 0 Å². The first-order valence-electron chi connectivity index (χ1n) is 8.20. The number of piperazine rings is 1. The Bertz CT molecular complexity index is 503. The van der Waals surface area contributed by atoms with Crippen molar-refractivity contribution in [2.75, 3.05) is 53.0 Å². The van der Waals surface area contributed by atoms with Crippen LogP contribution in [0.1, 0.15) is 0 Å². The lowest BCUT2D eigenvalue weighted by atomic mass is 10.1. The highest BCUT2D eigenvalue weighted by molar-refractivity contribution is 5.78. The summed E-state index contributed by atoms with van der Waals surface area (Å²) < 4.78 is 11.1. The van der Waals surface area contributed by atoms with Crippen molar-refractivity contribution in [1.82, 2.24) is 15.1 Å². The van der Waals surface area contributed by atoms with E-state index in [-0.39, 0.29) is 24.6 Å². The molecule has 1 amide bonds. The molecule has 2 aliphatic rings. The van der Waals surface area contributed by atoms with Crippen molar-refractivity contribution in [2.45, 2.75) is 12.1 Å². The molecular weight excluding hydrogens is 294 g/mol. The predicted molar refractivity (Wildman–Crippen MR) is 87.5 cm³/mol. The number of rotatable bonds is 5. The lowest BCUT2D eigenvalue weighted by molar-refractivity contribution is -0.124. The number of carbonyl (C=O) groups excluding carboxylic acids is 1. The molecule has 1 N–H and O–H groups in total. The monoisotopic (exact) mass is 319 g/mol. The van der Waals surface area contributed by atoms with Crippen molar-refractivity contribution in [1.29, 1.82) is 0 Å². The third-order valence-electron chi connectivity index (χ3n) is 4.52. The number of likely N-dealkylation sites (N-methyl/N-ethyl adjacent to an activating group) is 1. The molecule has 2 aliphatic heterocycles. The molecule has 2 fully saturated rings. The average molecular weight is 319 g/mol. The van der Waals surface area contributed by atoms with Gasteiger partial charge >= 0.3 is 0 Å². The van der Waals surface area contributed by atoms with Crippen molar-refractivity contribution >= 4 is 5.91 Å². The number of ether oxygens (including phenoxy) is 2. The molecule has 0 unspecified atom stereocenters. The Kier molecular flexibility index (Phi) is 5.48. The maximum absolute atomic E-state index is 12.1. The Labute approximate surface area is 137 Å². The first-order chi connectivity index (χ1) is 11.2. The van der Waals surface area contributed by atoms with Crippen molar-refractivity contribution in [2.24, 2.45) is 0 Å². The van der Waals surface area contributed by atoms with Gasteiger partial charge in [-0.25, -0.2) is 0 Å². The molecule has 0 aromatic heterocycles. The summed E-state index contributed by atoms with van der Waals surface area (Å²) in [6, 6.07) is 9.71. The summed E-state index contributed by atoms with van der Waals surface area (Å²) in [5.41, 5.74) is 0. The quantitative estimate of drug-likeness (QED) is 0.840. The number of hydrogen-bond donors (Lipinski definition) is 1. The number of para-hydroxylation sites is 1. The molecule has 2 heterocycles. The summed E-state index contributed by atoms with van der Waals surface area (Å²) in [5.74, 6) is 0.615. The van der Waals surface area contributed by atoms with Gasteiger partial charge in [0.15, 0.2) is 6.61 Å². The van der Waals surface area contributed by atoms with Gasteiger partial charge in [-0.1, -0.05) is 18.2 Å². The number of nitrogens with zero attached hydrogens (tertiary/aromatic N) is 2. The second-order valence-corrected chi connectivity index (χ2v) is 6.22. The summed E-state index contributed by atoms with van der Waals surface area (Å²) in [6.07, 6.45) is 0. The normalized spacial score (nSPS) is 26.1. The second-order valence-electron chi connectivity index (χ2n) is 6.22. The molecule has 0 spiro atoms. The minimum Gasteiger partial charge on any atom is -0.484 e. The number of hydrogen-bond acceptors (Lipinski definition) is 5. The van der Waals surface area contributed by atoms with Gasteiger partial charge in [-0.15, -0.1) is 0 Å². The Morgan fingerprint density at radius 2 is 1.96 bits per heavy atom. The van der Waals surface area contributed by atoms with Gasteiger partial charge in [-0.05, 0) is 19.2 Å². The molecule has 126 valence electrons. The van der Waals surface area contributed by atoms with E-state index in [9.17, 15) is 4.79 Å². The molecule has 1 aromatic rings. The molecule has 0 saturated carbocycles. The van der Waals surface area contributed by atoms with Crippen LogP contribution in [0.15, 0.2) is 30.3 Å². The van der Waals surface area contributed by atoms with Crippen LogP contribution < -0.4 is 10.1 Å². The average Bonchev–Trinajstić information content (AvgIpc) is 3.03. The zero-order valence-corrected chi connectivity index (χ0v) is 13.6. The van der Waals surface area contributed by atoms with Crippen molar-refractivity contribution in [3.05, 3.63) is 30.3 Å². The largest absolute Gasteiger partial charge is 0.484 e. The Morgan fingerprint density at radius 3 is 2.70 bits per heavy atom. The molecule has 2 atom stereocenters. The van der Waals surface area contributed by atoms with E-state index in [0.29, 0.717) is 19.0 Å². The van der Waals surface area contributed by atoms with Gasteiger partial charge in [0.05, 0.1) is 25.3 Å². The fourth-order valence-electron chi connectivity index (χ4n) is 3.11. The molecule has 0 aliphatic carbocycles. The predicted octanol–water partition coefficient (Wildman–Crippen LogP) is 0.196. The first kappa shape index (κ1) is 16.2. The number of carbonyl (C=O) groups is 1. The van der Waals surface area contributed by atoms with Crippen molar-refractivity contribution in [3.8, 4) is 5.75 Å². The van der Waals surface area contributed by atoms with Crippen molar-refractivity contribution in [3.63, 3.8) is 0 Å². The lowest BCUT2D eigenvalue weighted by Gasteiger charge is -2.38. The highest BCUT2D eigenvalue weighted by Gasteiger charge is 2.35. The number of nitrogens with one attached hydrogen (secondary N) is 1. The van der Waals surface area contributed by atoms with Gasteiger partial charge in [0, 0.05) is 26.2 Å². The lowest BCUT2D eigenvalue weighted by Crippen LogP contribution is -2.56.